The van der Waals surface area contributed by atoms with Crippen LogP contribution in [-0.4, -0.2) is 38.7 Å². The van der Waals surface area contributed by atoms with Crippen LogP contribution in [0.5, 0.6) is 5.75 Å². The van der Waals surface area contributed by atoms with Gasteiger partial charge in [0.2, 0.25) is 0 Å². The van der Waals surface area contributed by atoms with Crippen LogP contribution in [0.3, 0.4) is 0 Å². The van der Waals surface area contributed by atoms with Crippen LogP contribution in [-0.2, 0) is 9.53 Å². The van der Waals surface area contributed by atoms with Crippen molar-refractivity contribution in [2.75, 3.05) is 32.6 Å². The molecule has 0 aliphatic heterocycles. The Balaban J connectivity index is 2.57. The van der Waals surface area contributed by atoms with Crippen molar-refractivity contribution in [3.8, 4) is 5.75 Å². The molecule has 0 radical (unpaired) electrons. The van der Waals surface area contributed by atoms with Gasteiger partial charge in [0, 0.05) is 19.3 Å². The summed E-state index contributed by atoms with van der Waals surface area (Å²) in [5.41, 5.74) is 11.3. The maximum absolute atomic E-state index is 11.4. The van der Waals surface area contributed by atoms with Gasteiger partial charge in [-0.2, -0.15) is 0 Å². The molecule has 0 saturated heterocycles. The van der Waals surface area contributed by atoms with Crippen LogP contribution in [0.4, 0.5) is 5.69 Å². The number of primary amides is 1. The van der Waals surface area contributed by atoms with E-state index >= 15 is 0 Å². The van der Waals surface area contributed by atoms with Crippen LogP contribution in [0.15, 0.2) is 18.2 Å². The standard InChI is InChI=1S/C12H17N3O4/c1-18-5-4-15-11(16)7-19-10-3-2-8(13)6-9(10)12(14)17/h2-3,6H,4-5,7,13H2,1H3,(H2,14,17)(H,15,16). The fraction of sp³-hybridized carbons (Fsp3) is 0.333. The molecule has 0 saturated carbocycles. The van der Waals surface area contributed by atoms with E-state index in [-0.39, 0.29) is 23.8 Å². The number of methoxy groups -OCH3 is 1. The van der Waals surface area contributed by atoms with Crippen LogP contribution in [0.2, 0.25) is 0 Å². The molecule has 5 N–H and O–H groups in total. The molecule has 0 heterocycles. The normalized spacial score (nSPS) is 9.95. The van der Waals surface area contributed by atoms with Crippen molar-refractivity contribution in [2.24, 2.45) is 5.73 Å². The smallest absolute Gasteiger partial charge is 0.258 e. The third-order valence-electron chi connectivity index (χ3n) is 2.26. The Morgan fingerprint density at radius 3 is 2.74 bits per heavy atom. The molecule has 7 heteroatoms. The van der Waals surface area contributed by atoms with Gasteiger partial charge < -0.3 is 26.3 Å². The topological polar surface area (TPSA) is 117 Å². The van der Waals surface area contributed by atoms with Gasteiger partial charge in [-0.1, -0.05) is 0 Å². The summed E-state index contributed by atoms with van der Waals surface area (Å²) in [5.74, 6) is -0.755. The summed E-state index contributed by atoms with van der Waals surface area (Å²) >= 11 is 0. The van der Waals surface area contributed by atoms with Crippen LogP contribution >= 0.6 is 0 Å². The van der Waals surface area contributed by atoms with Crippen molar-refractivity contribution in [2.45, 2.75) is 0 Å². The van der Waals surface area contributed by atoms with E-state index < -0.39 is 5.91 Å². The average Bonchev–Trinajstić information content (AvgIpc) is 2.37. The van der Waals surface area contributed by atoms with Gasteiger partial charge in [0.1, 0.15) is 5.75 Å². The summed E-state index contributed by atoms with van der Waals surface area (Å²) in [7, 11) is 1.54. The highest BCUT2D eigenvalue weighted by atomic mass is 16.5. The minimum absolute atomic E-state index is 0.143. The minimum atomic E-state index is -0.665. The molecule has 0 fully saturated rings. The average molecular weight is 267 g/mol. The van der Waals surface area contributed by atoms with E-state index in [1.807, 2.05) is 0 Å². The number of anilines is 1. The summed E-state index contributed by atoms with van der Waals surface area (Å²) in [4.78, 5) is 22.6. The number of nitrogens with two attached hydrogens (primary N) is 2. The van der Waals surface area contributed by atoms with Gasteiger partial charge in [-0.25, -0.2) is 0 Å². The van der Waals surface area contributed by atoms with Crippen molar-refractivity contribution in [3.63, 3.8) is 0 Å². The number of nitrogens with one attached hydrogen (secondary N) is 1. The second-order valence-corrected chi connectivity index (χ2v) is 3.75. The number of carbonyl (C=O) groups is 2. The molecule has 0 spiro atoms. The quantitative estimate of drug-likeness (QED) is 0.455. The Morgan fingerprint density at radius 2 is 2.11 bits per heavy atom. The molecule has 2 amide bonds. The van der Waals surface area contributed by atoms with Crippen LogP contribution in [0.1, 0.15) is 10.4 Å². The Bertz CT molecular complexity index is 462. The Hall–Kier alpha value is -2.28. The predicted octanol–water partition coefficient (Wildman–Crippen LogP) is -0.491. The van der Waals surface area contributed by atoms with Crippen molar-refractivity contribution >= 4 is 17.5 Å². The van der Waals surface area contributed by atoms with Gasteiger partial charge in [-0.3, -0.25) is 9.59 Å². The number of benzene rings is 1. The van der Waals surface area contributed by atoms with Gasteiger partial charge >= 0.3 is 0 Å². The lowest BCUT2D eigenvalue weighted by atomic mass is 10.1. The molecule has 1 rings (SSSR count). The van der Waals surface area contributed by atoms with E-state index in [1.54, 1.807) is 6.07 Å². The first-order valence-corrected chi connectivity index (χ1v) is 5.62. The zero-order valence-corrected chi connectivity index (χ0v) is 10.6. The molecule has 104 valence electrons. The second-order valence-electron chi connectivity index (χ2n) is 3.75. The molecule has 0 aliphatic rings. The maximum atomic E-state index is 11.4. The molecular formula is C12H17N3O4. The number of hydrogen-bond donors (Lipinski definition) is 3. The molecule has 19 heavy (non-hydrogen) atoms. The van der Waals surface area contributed by atoms with E-state index in [1.165, 1.54) is 19.2 Å². The molecule has 1 aromatic carbocycles. The van der Waals surface area contributed by atoms with Crippen molar-refractivity contribution in [1.82, 2.24) is 5.32 Å². The number of ether oxygens (including phenoxy) is 2. The highest BCUT2D eigenvalue weighted by Crippen LogP contribution is 2.20. The first-order chi connectivity index (χ1) is 9.04. The largest absolute Gasteiger partial charge is 0.483 e. The predicted molar refractivity (Wildman–Crippen MR) is 69.8 cm³/mol. The van der Waals surface area contributed by atoms with Gasteiger partial charge in [0.25, 0.3) is 11.8 Å². The molecule has 0 unspecified atom stereocenters. The maximum Gasteiger partial charge on any atom is 0.258 e. The first-order valence-electron chi connectivity index (χ1n) is 5.62. The van der Waals surface area contributed by atoms with E-state index in [0.29, 0.717) is 18.8 Å². The summed E-state index contributed by atoms with van der Waals surface area (Å²) in [6.45, 7) is 0.594. The van der Waals surface area contributed by atoms with Crippen LogP contribution in [0, 0.1) is 0 Å². The highest BCUT2D eigenvalue weighted by Gasteiger charge is 2.11. The third-order valence-corrected chi connectivity index (χ3v) is 2.26. The molecule has 7 nitrogen and oxygen atoms in total. The van der Waals surface area contributed by atoms with Gasteiger partial charge in [0.15, 0.2) is 6.61 Å². The summed E-state index contributed by atoms with van der Waals surface area (Å²) < 4.78 is 10.0. The van der Waals surface area contributed by atoms with E-state index in [4.69, 9.17) is 20.9 Å². The van der Waals surface area contributed by atoms with Crippen molar-refractivity contribution < 1.29 is 19.1 Å². The van der Waals surface area contributed by atoms with Gasteiger partial charge in [-0.15, -0.1) is 0 Å². The number of carbonyl (C=O) groups excluding carboxylic acids is 2. The third kappa shape index (κ3) is 4.84. The monoisotopic (exact) mass is 267 g/mol. The Kier molecular flexibility index (Phi) is 5.62. The molecule has 0 aromatic heterocycles. The van der Waals surface area contributed by atoms with Gasteiger partial charge in [-0.05, 0) is 18.2 Å². The minimum Gasteiger partial charge on any atom is -0.483 e. The molecule has 0 bridgehead atoms. The fourth-order valence-corrected chi connectivity index (χ4v) is 1.35. The number of rotatable bonds is 7. The summed E-state index contributed by atoms with van der Waals surface area (Å²) in [5, 5.41) is 2.58. The van der Waals surface area contributed by atoms with E-state index in [9.17, 15) is 9.59 Å². The zero-order valence-electron chi connectivity index (χ0n) is 10.6. The van der Waals surface area contributed by atoms with Crippen molar-refractivity contribution in [1.29, 1.82) is 0 Å². The van der Waals surface area contributed by atoms with Crippen LogP contribution in [0.25, 0.3) is 0 Å². The first kappa shape index (κ1) is 14.8. The summed E-state index contributed by atoms with van der Waals surface area (Å²) in [6.07, 6.45) is 0. The lowest BCUT2D eigenvalue weighted by molar-refractivity contribution is -0.123. The van der Waals surface area contributed by atoms with E-state index in [0.717, 1.165) is 0 Å². The number of amides is 2. The number of nitrogen functional groups attached to an aromatic ring is 1. The molecule has 0 atom stereocenters. The number of hydrogen-bond acceptors (Lipinski definition) is 5. The van der Waals surface area contributed by atoms with Gasteiger partial charge in [0.05, 0.1) is 12.2 Å². The van der Waals surface area contributed by atoms with Crippen LogP contribution < -0.4 is 21.5 Å². The highest BCUT2D eigenvalue weighted by molar-refractivity contribution is 5.96. The second kappa shape index (κ2) is 7.22. The SMILES string of the molecule is COCCNC(=O)COc1ccc(N)cc1C(N)=O. The fourth-order valence-electron chi connectivity index (χ4n) is 1.35. The lowest BCUT2D eigenvalue weighted by Gasteiger charge is -2.10. The Labute approximate surface area is 110 Å². The molecular weight excluding hydrogens is 250 g/mol. The van der Waals surface area contributed by atoms with E-state index in [2.05, 4.69) is 5.32 Å². The zero-order chi connectivity index (χ0) is 14.3. The lowest BCUT2D eigenvalue weighted by Crippen LogP contribution is -2.31. The molecule has 1 aromatic rings. The Morgan fingerprint density at radius 1 is 1.37 bits per heavy atom. The van der Waals surface area contributed by atoms with Crippen molar-refractivity contribution in [3.05, 3.63) is 23.8 Å². The molecule has 0 aliphatic carbocycles. The summed E-state index contributed by atoms with van der Waals surface area (Å²) in [6, 6.07) is 4.46.